The third-order valence-corrected chi connectivity index (χ3v) is 6.69. The molecule has 1 amide bonds. The monoisotopic (exact) mass is 508 g/mol. The lowest BCUT2D eigenvalue weighted by Gasteiger charge is -2.37. The van der Waals surface area contributed by atoms with Crippen LogP contribution in [0.4, 0.5) is 17.2 Å². The highest BCUT2D eigenvalue weighted by atomic mass is 16.2. The topological polar surface area (TPSA) is 91.5 Å². The van der Waals surface area contributed by atoms with Gasteiger partial charge < -0.3 is 15.1 Å². The Morgan fingerprint density at radius 1 is 0.895 bits per heavy atom. The van der Waals surface area contributed by atoms with Gasteiger partial charge in [-0.2, -0.15) is 4.52 Å². The summed E-state index contributed by atoms with van der Waals surface area (Å²) in [7, 11) is 0. The number of fused-ring (bicyclic) bond motifs is 3. The quantitative estimate of drug-likeness (QED) is 0.364. The molecule has 1 fully saturated rings. The molecule has 9 nitrogen and oxygen atoms in total. The van der Waals surface area contributed by atoms with Crippen LogP contribution in [0.1, 0.15) is 35.3 Å². The number of aromatic nitrogens is 5. The van der Waals surface area contributed by atoms with Crippen LogP contribution in [0.15, 0.2) is 66.7 Å². The van der Waals surface area contributed by atoms with Gasteiger partial charge in [0.25, 0.3) is 5.91 Å². The first-order valence-electron chi connectivity index (χ1n) is 13.0. The minimum Gasteiger partial charge on any atom is -0.368 e. The number of hydrogen-bond acceptors (Lipinski definition) is 7. The molecule has 6 rings (SSSR count). The molecule has 0 spiro atoms. The van der Waals surface area contributed by atoms with Gasteiger partial charge >= 0.3 is 0 Å². The minimum atomic E-state index is 0.0510. The first-order valence-corrected chi connectivity index (χ1v) is 13.0. The molecule has 0 aliphatic carbocycles. The Bertz CT molecular complexity index is 1570. The minimum absolute atomic E-state index is 0.0510. The number of tetrazole rings is 1. The molecule has 0 unspecified atom stereocenters. The standard InChI is InChI=1S/C27H26N8O.C2H6/c1-18-7-8-19(2)24(17-18)33-13-15-34(16-14-33)27(36)20-9-11-21(12-10-20)28-25-26-30-31-32-35(26)23-6-4-3-5-22(23)29-25;1-2/h3-12,17H,13-16H2,1-2H3,(H,28,29);1-2H3. The van der Waals surface area contributed by atoms with E-state index in [0.29, 0.717) is 30.1 Å². The molecule has 9 heteroatoms. The van der Waals surface area contributed by atoms with Crippen LogP contribution in [0, 0.1) is 13.8 Å². The van der Waals surface area contributed by atoms with Crippen molar-refractivity contribution in [3.63, 3.8) is 0 Å². The van der Waals surface area contributed by atoms with E-state index in [1.807, 2.05) is 67.3 Å². The van der Waals surface area contributed by atoms with Crippen molar-refractivity contribution in [1.82, 2.24) is 29.9 Å². The van der Waals surface area contributed by atoms with E-state index >= 15 is 0 Å². The number of benzene rings is 3. The van der Waals surface area contributed by atoms with E-state index in [1.165, 1.54) is 16.8 Å². The average Bonchev–Trinajstić information content (AvgIpc) is 3.47. The van der Waals surface area contributed by atoms with Gasteiger partial charge in [0.1, 0.15) is 0 Å². The number of para-hydroxylation sites is 2. The maximum Gasteiger partial charge on any atom is 0.253 e. The van der Waals surface area contributed by atoms with E-state index in [4.69, 9.17) is 4.98 Å². The van der Waals surface area contributed by atoms with Crippen molar-refractivity contribution in [2.75, 3.05) is 36.4 Å². The van der Waals surface area contributed by atoms with E-state index in [9.17, 15) is 4.79 Å². The summed E-state index contributed by atoms with van der Waals surface area (Å²) in [4.78, 5) is 22.2. The normalized spacial score (nSPS) is 13.4. The molecule has 2 aromatic heterocycles. The van der Waals surface area contributed by atoms with Crippen LogP contribution >= 0.6 is 0 Å². The van der Waals surface area contributed by atoms with E-state index in [0.717, 1.165) is 29.8 Å². The van der Waals surface area contributed by atoms with Gasteiger partial charge in [0.05, 0.1) is 11.0 Å². The summed E-state index contributed by atoms with van der Waals surface area (Å²) in [5.74, 6) is 0.607. The van der Waals surface area contributed by atoms with Gasteiger partial charge in [0.2, 0.25) is 5.65 Å². The average molecular weight is 509 g/mol. The predicted octanol–water partition coefficient (Wildman–Crippen LogP) is 5.02. The number of rotatable bonds is 4. The lowest BCUT2D eigenvalue weighted by atomic mass is 10.1. The molecule has 3 aromatic carbocycles. The van der Waals surface area contributed by atoms with Crippen LogP contribution < -0.4 is 10.2 Å². The number of nitrogens with one attached hydrogen (secondary N) is 1. The summed E-state index contributed by atoms with van der Waals surface area (Å²) in [6.07, 6.45) is 0. The number of anilines is 3. The van der Waals surface area contributed by atoms with Crippen molar-refractivity contribution >= 4 is 39.8 Å². The first kappa shape index (κ1) is 25.1. The number of carbonyl (C=O) groups is 1. The number of carbonyl (C=O) groups excluding carboxylic acids is 1. The van der Waals surface area contributed by atoms with Crippen LogP contribution in [0.3, 0.4) is 0 Å². The van der Waals surface area contributed by atoms with Crippen LogP contribution in [0.5, 0.6) is 0 Å². The zero-order valence-electron chi connectivity index (χ0n) is 22.2. The van der Waals surface area contributed by atoms with Gasteiger partial charge in [-0.15, -0.1) is 5.10 Å². The molecule has 0 atom stereocenters. The van der Waals surface area contributed by atoms with Gasteiger partial charge in [-0.3, -0.25) is 4.79 Å². The van der Waals surface area contributed by atoms with Crippen molar-refractivity contribution in [2.45, 2.75) is 27.7 Å². The van der Waals surface area contributed by atoms with Crippen molar-refractivity contribution < 1.29 is 4.79 Å². The predicted molar refractivity (Wildman–Crippen MR) is 151 cm³/mol. The molecule has 0 saturated carbocycles. The fourth-order valence-corrected chi connectivity index (χ4v) is 4.72. The molecule has 1 N–H and O–H groups in total. The highest BCUT2D eigenvalue weighted by Crippen LogP contribution is 2.25. The molecule has 5 aromatic rings. The van der Waals surface area contributed by atoms with Gasteiger partial charge in [0, 0.05) is 43.1 Å². The third-order valence-electron chi connectivity index (χ3n) is 6.69. The van der Waals surface area contributed by atoms with Crippen LogP contribution in [-0.4, -0.2) is 62.0 Å². The van der Waals surface area contributed by atoms with Gasteiger partial charge in [-0.05, 0) is 77.9 Å². The Labute approximate surface area is 222 Å². The number of amides is 1. The number of nitrogens with zero attached hydrogens (tertiary/aromatic N) is 7. The number of aryl methyl sites for hydroxylation is 2. The first-order chi connectivity index (χ1) is 18.6. The zero-order chi connectivity index (χ0) is 26.6. The Hall–Kier alpha value is -4.53. The third kappa shape index (κ3) is 4.87. The number of hydrogen-bond donors (Lipinski definition) is 1. The maximum absolute atomic E-state index is 13.2. The van der Waals surface area contributed by atoms with Crippen molar-refractivity contribution in [1.29, 1.82) is 0 Å². The Morgan fingerprint density at radius 3 is 2.39 bits per heavy atom. The summed E-state index contributed by atoms with van der Waals surface area (Å²) < 4.78 is 1.67. The highest BCUT2D eigenvalue weighted by Gasteiger charge is 2.23. The van der Waals surface area contributed by atoms with Crippen molar-refractivity contribution in [3.05, 3.63) is 83.4 Å². The summed E-state index contributed by atoms with van der Waals surface area (Å²) in [5, 5.41) is 15.3. The zero-order valence-corrected chi connectivity index (χ0v) is 22.2. The number of piperazine rings is 1. The van der Waals surface area contributed by atoms with E-state index < -0.39 is 0 Å². The van der Waals surface area contributed by atoms with Gasteiger partial charge in [-0.25, -0.2) is 4.98 Å². The molecule has 3 heterocycles. The molecular weight excluding hydrogens is 476 g/mol. The van der Waals surface area contributed by atoms with Crippen molar-refractivity contribution in [2.24, 2.45) is 0 Å². The van der Waals surface area contributed by atoms with Crippen LogP contribution in [-0.2, 0) is 0 Å². The Morgan fingerprint density at radius 2 is 1.63 bits per heavy atom. The molecule has 0 radical (unpaired) electrons. The smallest absolute Gasteiger partial charge is 0.253 e. The highest BCUT2D eigenvalue weighted by molar-refractivity contribution is 5.95. The molecule has 1 aliphatic rings. The summed E-state index contributed by atoms with van der Waals surface area (Å²) in [6, 6.07) is 21.7. The second-order valence-corrected chi connectivity index (χ2v) is 9.13. The molecule has 194 valence electrons. The van der Waals surface area contributed by atoms with E-state index in [1.54, 1.807) is 4.52 Å². The fourth-order valence-electron chi connectivity index (χ4n) is 4.72. The second kappa shape index (κ2) is 10.8. The van der Waals surface area contributed by atoms with E-state index in [2.05, 4.69) is 57.8 Å². The molecule has 0 bridgehead atoms. The fraction of sp³-hybridized carbons (Fsp3) is 0.276. The van der Waals surface area contributed by atoms with Crippen LogP contribution in [0.25, 0.3) is 16.7 Å². The summed E-state index contributed by atoms with van der Waals surface area (Å²) in [6.45, 7) is 11.3. The molecular formula is C29H32N8O. The molecule has 1 aliphatic heterocycles. The summed E-state index contributed by atoms with van der Waals surface area (Å²) in [5.41, 5.74) is 7.41. The summed E-state index contributed by atoms with van der Waals surface area (Å²) >= 11 is 0. The molecule has 1 saturated heterocycles. The maximum atomic E-state index is 13.2. The Balaban J connectivity index is 0.00000144. The van der Waals surface area contributed by atoms with Crippen molar-refractivity contribution in [3.8, 4) is 0 Å². The van der Waals surface area contributed by atoms with Gasteiger partial charge in [-0.1, -0.05) is 38.1 Å². The van der Waals surface area contributed by atoms with E-state index in [-0.39, 0.29) is 5.91 Å². The SMILES string of the molecule is CC.Cc1ccc(C)c(N2CCN(C(=O)c3ccc(Nc4nc5ccccc5n5nnnc45)cc3)CC2)c1. The lowest BCUT2D eigenvalue weighted by molar-refractivity contribution is 0.0747. The van der Waals surface area contributed by atoms with Gasteiger partial charge in [0.15, 0.2) is 5.82 Å². The molecule has 38 heavy (non-hydrogen) atoms. The van der Waals surface area contributed by atoms with Crippen LogP contribution in [0.2, 0.25) is 0 Å². The Kier molecular flexibility index (Phi) is 7.17. The lowest BCUT2D eigenvalue weighted by Crippen LogP contribution is -2.49. The largest absolute Gasteiger partial charge is 0.368 e. The second-order valence-electron chi connectivity index (χ2n) is 9.13.